The Bertz CT molecular complexity index is 1020. The van der Waals surface area contributed by atoms with E-state index in [-0.39, 0.29) is 17.3 Å². The number of carbonyl (C=O) groups excluding carboxylic acids is 2. The summed E-state index contributed by atoms with van der Waals surface area (Å²) >= 11 is 2.41. The largest absolute Gasteiger partial charge is 0.346 e. The minimum atomic E-state index is -3.68. The van der Waals surface area contributed by atoms with Gasteiger partial charge in [0, 0.05) is 30.4 Å². The quantitative estimate of drug-likeness (QED) is 0.553. The summed E-state index contributed by atoms with van der Waals surface area (Å²) in [6, 6.07) is 10.1. The molecule has 0 aliphatic rings. The lowest BCUT2D eigenvalue weighted by Gasteiger charge is -2.16. The maximum atomic E-state index is 12.9. The number of amides is 2. The second-order valence-corrected chi connectivity index (χ2v) is 10.0. The van der Waals surface area contributed by atoms with Crippen molar-refractivity contribution in [1.29, 1.82) is 0 Å². The molecule has 3 aromatic rings. The number of rotatable bonds is 7. The van der Waals surface area contributed by atoms with E-state index in [4.69, 9.17) is 0 Å². The first-order valence-electron chi connectivity index (χ1n) is 8.24. The summed E-state index contributed by atoms with van der Waals surface area (Å²) < 4.78 is 26.1. The summed E-state index contributed by atoms with van der Waals surface area (Å²) in [6.07, 6.45) is 3.19. The summed E-state index contributed by atoms with van der Waals surface area (Å²) in [5, 5.41) is 7.43. The molecule has 0 saturated heterocycles. The molecular formula is C18H17N3O4S3. The average molecular weight is 436 g/mol. The van der Waals surface area contributed by atoms with Crippen LogP contribution in [0.15, 0.2) is 63.8 Å². The maximum Gasteiger partial charge on any atom is 0.309 e. The molecular weight excluding hydrogens is 418 g/mol. The summed E-state index contributed by atoms with van der Waals surface area (Å²) in [6.45, 7) is -0.0398. The van der Waals surface area contributed by atoms with Gasteiger partial charge in [0.2, 0.25) is 0 Å². The van der Waals surface area contributed by atoms with E-state index in [1.54, 1.807) is 53.5 Å². The van der Waals surface area contributed by atoms with Gasteiger partial charge in [0.25, 0.3) is 0 Å². The van der Waals surface area contributed by atoms with Crippen LogP contribution in [-0.2, 0) is 26.0 Å². The molecule has 0 saturated carbocycles. The van der Waals surface area contributed by atoms with E-state index in [1.165, 1.54) is 17.4 Å². The van der Waals surface area contributed by atoms with Crippen molar-refractivity contribution < 1.29 is 18.0 Å². The topological polar surface area (TPSA) is 105 Å². The van der Waals surface area contributed by atoms with Crippen LogP contribution < -0.4 is 10.6 Å². The molecule has 0 aliphatic carbocycles. The van der Waals surface area contributed by atoms with E-state index >= 15 is 0 Å². The summed E-state index contributed by atoms with van der Waals surface area (Å²) in [7, 11) is -3.68. The molecule has 0 aromatic carbocycles. The molecule has 10 heteroatoms. The lowest BCUT2D eigenvalue weighted by atomic mass is 10.3. The van der Waals surface area contributed by atoms with Crippen LogP contribution in [0.1, 0.15) is 15.7 Å². The SMILES string of the molecule is O=C(NCc1cccnc1)C(=O)NCC(c1cccs1)S(=O)(=O)c1cccs1. The second-order valence-electron chi connectivity index (χ2n) is 5.74. The van der Waals surface area contributed by atoms with Crippen molar-refractivity contribution in [3.63, 3.8) is 0 Å². The molecule has 1 atom stereocenters. The van der Waals surface area contributed by atoms with Gasteiger partial charge in [-0.1, -0.05) is 18.2 Å². The van der Waals surface area contributed by atoms with Crippen LogP contribution in [0.2, 0.25) is 0 Å². The highest BCUT2D eigenvalue weighted by Crippen LogP contribution is 2.33. The number of carbonyl (C=O) groups is 2. The first-order chi connectivity index (χ1) is 13.5. The Morgan fingerprint density at radius 3 is 2.39 bits per heavy atom. The molecule has 2 N–H and O–H groups in total. The van der Waals surface area contributed by atoms with Gasteiger partial charge in [-0.3, -0.25) is 14.6 Å². The van der Waals surface area contributed by atoms with E-state index < -0.39 is 26.9 Å². The molecule has 1 unspecified atom stereocenters. The van der Waals surface area contributed by atoms with Gasteiger partial charge in [-0.25, -0.2) is 8.42 Å². The van der Waals surface area contributed by atoms with Gasteiger partial charge < -0.3 is 10.6 Å². The molecule has 0 radical (unpaired) electrons. The van der Waals surface area contributed by atoms with Gasteiger partial charge >= 0.3 is 11.8 Å². The highest BCUT2D eigenvalue weighted by atomic mass is 32.2. The molecule has 2 amide bonds. The van der Waals surface area contributed by atoms with E-state index in [0.29, 0.717) is 4.88 Å². The number of hydrogen-bond acceptors (Lipinski definition) is 7. The number of thiophene rings is 2. The van der Waals surface area contributed by atoms with Crippen LogP contribution in [0.5, 0.6) is 0 Å². The lowest BCUT2D eigenvalue weighted by molar-refractivity contribution is -0.139. The Morgan fingerprint density at radius 2 is 1.75 bits per heavy atom. The molecule has 28 heavy (non-hydrogen) atoms. The molecule has 0 fully saturated rings. The van der Waals surface area contributed by atoms with Crippen LogP contribution in [0, 0.1) is 0 Å². The van der Waals surface area contributed by atoms with Gasteiger partial charge in [-0.15, -0.1) is 22.7 Å². The molecule has 146 valence electrons. The van der Waals surface area contributed by atoms with Crippen molar-refractivity contribution in [2.24, 2.45) is 0 Å². The first kappa shape index (κ1) is 20.2. The average Bonchev–Trinajstić information content (AvgIpc) is 3.41. The number of nitrogens with one attached hydrogen (secondary N) is 2. The number of pyridine rings is 1. The third-order valence-corrected chi connectivity index (χ3v) is 8.49. The molecule has 3 heterocycles. The van der Waals surface area contributed by atoms with Crippen LogP contribution in [0.4, 0.5) is 0 Å². The summed E-state index contributed by atoms with van der Waals surface area (Å²) in [5.41, 5.74) is 0.750. The van der Waals surface area contributed by atoms with Crippen LogP contribution >= 0.6 is 22.7 Å². The summed E-state index contributed by atoms with van der Waals surface area (Å²) in [5.74, 6) is -1.71. The van der Waals surface area contributed by atoms with Crippen molar-refractivity contribution in [3.05, 3.63) is 70.0 Å². The molecule has 0 bridgehead atoms. The zero-order chi connectivity index (χ0) is 20.0. The van der Waals surface area contributed by atoms with Gasteiger partial charge in [0.1, 0.15) is 9.46 Å². The predicted octanol–water partition coefficient (Wildman–Crippen LogP) is 2.15. The van der Waals surface area contributed by atoms with Crippen molar-refractivity contribution in [3.8, 4) is 0 Å². The lowest BCUT2D eigenvalue weighted by Crippen LogP contribution is -2.41. The highest BCUT2D eigenvalue weighted by molar-refractivity contribution is 7.93. The monoisotopic (exact) mass is 435 g/mol. The minimum Gasteiger partial charge on any atom is -0.346 e. The Hall–Kier alpha value is -2.56. The number of aromatic nitrogens is 1. The third-order valence-electron chi connectivity index (χ3n) is 3.84. The summed E-state index contributed by atoms with van der Waals surface area (Å²) in [4.78, 5) is 28.7. The fourth-order valence-electron chi connectivity index (χ4n) is 2.43. The number of sulfone groups is 1. The molecule has 3 rings (SSSR count). The van der Waals surface area contributed by atoms with E-state index in [2.05, 4.69) is 15.6 Å². The zero-order valence-corrected chi connectivity index (χ0v) is 17.0. The van der Waals surface area contributed by atoms with Crippen LogP contribution in [-0.4, -0.2) is 31.8 Å². The third kappa shape index (κ3) is 4.83. The first-order valence-corrected chi connectivity index (χ1v) is 11.5. The van der Waals surface area contributed by atoms with Crippen molar-refractivity contribution in [2.45, 2.75) is 16.0 Å². The van der Waals surface area contributed by atoms with Gasteiger partial charge in [0.15, 0.2) is 9.84 Å². The zero-order valence-electron chi connectivity index (χ0n) is 14.6. The maximum absolute atomic E-state index is 12.9. The molecule has 7 nitrogen and oxygen atoms in total. The van der Waals surface area contributed by atoms with Crippen molar-refractivity contribution >= 4 is 44.3 Å². The van der Waals surface area contributed by atoms with Crippen molar-refractivity contribution in [2.75, 3.05) is 6.54 Å². The fraction of sp³-hybridized carbons (Fsp3) is 0.167. The number of nitrogens with zero attached hydrogens (tertiary/aromatic N) is 1. The Balaban J connectivity index is 1.65. The number of hydrogen-bond donors (Lipinski definition) is 2. The smallest absolute Gasteiger partial charge is 0.309 e. The van der Waals surface area contributed by atoms with E-state index in [0.717, 1.165) is 16.9 Å². The second kappa shape index (κ2) is 9.09. The standard InChI is InChI=1S/C18H17N3O4S3/c22-17(20-11-13-4-1-7-19-10-13)18(23)21-12-15(14-5-2-8-26-14)28(24,25)16-6-3-9-27-16/h1-10,15H,11-12H2,(H,20,22)(H,21,23). The Kier molecular flexibility index (Phi) is 6.55. The highest BCUT2D eigenvalue weighted by Gasteiger charge is 2.31. The normalized spacial score (nSPS) is 12.3. The molecule has 3 aromatic heterocycles. The van der Waals surface area contributed by atoms with Gasteiger partial charge in [-0.05, 0) is 34.5 Å². The van der Waals surface area contributed by atoms with Crippen LogP contribution in [0.3, 0.4) is 0 Å². The Morgan fingerprint density at radius 1 is 1.00 bits per heavy atom. The molecule has 0 spiro atoms. The van der Waals surface area contributed by atoms with E-state index in [9.17, 15) is 18.0 Å². The van der Waals surface area contributed by atoms with Gasteiger partial charge in [-0.2, -0.15) is 0 Å². The van der Waals surface area contributed by atoms with Crippen LogP contribution in [0.25, 0.3) is 0 Å². The van der Waals surface area contributed by atoms with Crippen molar-refractivity contribution in [1.82, 2.24) is 15.6 Å². The van der Waals surface area contributed by atoms with Gasteiger partial charge in [0.05, 0.1) is 0 Å². The predicted molar refractivity (Wildman–Crippen MR) is 108 cm³/mol. The van der Waals surface area contributed by atoms with E-state index in [1.807, 2.05) is 0 Å². The molecule has 0 aliphatic heterocycles. The fourth-order valence-corrected chi connectivity index (χ4v) is 6.42. The Labute approximate surface area is 170 Å². The minimum absolute atomic E-state index is 0.155.